The molecule has 0 fully saturated rings. The molecule has 0 aliphatic rings. The van der Waals surface area contributed by atoms with Gasteiger partial charge in [0.15, 0.2) is 11.5 Å². The Morgan fingerprint density at radius 1 is 1.17 bits per heavy atom. The van der Waals surface area contributed by atoms with Crippen molar-refractivity contribution in [2.45, 2.75) is 25.7 Å². The highest BCUT2D eigenvalue weighted by atomic mass is 32.1. The lowest BCUT2D eigenvalue weighted by Gasteiger charge is -2.24. The summed E-state index contributed by atoms with van der Waals surface area (Å²) in [6, 6.07) is 7.63. The fourth-order valence-electron chi connectivity index (χ4n) is 2.31. The van der Waals surface area contributed by atoms with E-state index in [1.54, 1.807) is 25.6 Å². The molecule has 2 rings (SSSR count). The number of methoxy groups -OCH3 is 2. The smallest absolute Gasteiger partial charge is 0.224 e. The van der Waals surface area contributed by atoms with Crippen LogP contribution < -0.4 is 14.8 Å². The molecule has 23 heavy (non-hydrogen) atoms. The molecule has 1 amide bonds. The highest BCUT2D eigenvalue weighted by Crippen LogP contribution is 2.28. The Morgan fingerprint density at radius 2 is 1.91 bits per heavy atom. The Balaban J connectivity index is 1.95. The zero-order chi connectivity index (χ0) is 16.9. The van der Waals surface area contributed by atoms with Crippen LogP contribution >= 0.6 is 11.3 Å². The number of hydrogen-bond donors (Lipinski definition) is 1. The summed E-state index contributed by atoms with van der Waals surface area (Å²) in [5, 5.41) is 7.20. The van der Waals surface area contributed by atoms with Gasteiger partial charge in [0.05, 0.1) is 20.6 Å². The Labute approximate surface area is 141 Å². The second-order valence-electron chi connectivity index (χ2n) is 6.04. The van der Waals surface area contributed by atoms with Crippen molar-refractivity contribution in [2.24, 2.45) is 0 Å². The van der Waals surface area contributed by atoms with Crippen LogP contribution in [0.5, 0.6) is 11.5 Å². The maximum absolute atomic E-state index is 12.2. The second kappa shape index (κ2) is 7.51. The normalized spacial score (nSPS) is 11.1. The van der Waals surface area contributed by atoms with Gasteiger partial charge in [-0.25, -0.2) is 0 Å². The van der Waals surface area contributed by atoms with E-state index in [4.69, 9.17) is 9.47 Å². The molecule has 1 aromatic heterocycles. The van der Waals surface area contributed by atoms with Crippen molar-refractivity contribution in [3.8, 4) is 11.5 Å². The van der Waals surface area contributed by atoms with Crippen LogP contribution in [-0.4, -0.2) is 26.7 Å². The molecule has 0 radical (unpaired) electrons. The first-order valence-electron chi connectivity index (χ1n) is 7.46. The standard InChI is InChI=1S/C18H23NO3S/c1-18(2,14-7-8-23-11-14)12-19-17(20)10-13-5-6-15(21-3)16(9-13)22-4/h5-9,11H,10,12H2,1-4H3,(H,19,20). The van der Waals surface area contributed by atoms with Crippen LogP contribution in [0.1, 0.15) is 25.0 Å². The Morgan fingerprint density at radius 3 is 2.52 bits per heavy atom. The average molecular weight is 333 g/mol. The lowest BCUT2D eigenvalue weighted by atomic mass is 9.86. The predicted molar refractivity (Wildman–Crippen MR) is 93.6 cm³/mol. The van der Waals surface area contributed by atoms with Gasteiger partial charge in [-0.3, -0.25) is 4.79 Å². The van der Waals surface area contributed by atoms with Crippen LogP contribution in [0, 0.1) is 0 Å². The maximum Gasteiger partial charge on any atom is 0.224 e. The Hall–Kier alpha value is -2.01. The molecular formula is C18H23NO3S. The molecule has 5 heteroatoms. The number of nitrogens with one attached hydrogen (secondary N) is 1. The van der Waals surface area contributed by atoms with Crippen LogP contribution in [0.4, 0.5) is 0 Å². The fraction of sp³-hybridized carbons (Fsp3) is 0.389. The lowest BCUT2D eigenvalue weighted by Crippen LogP contribution is -2.37. The largest absolute Gasteiger partial charge is 0.493 e. The molecule has 0 bridgehead atoms. The molecule has 0 aliphatic carbocycles. The number of ether oxygens (including phenoxy) is 2. The molecule has 0 saturated carbocycles. The van der Waals surface area contributed by atoms with Crippen molar-refractivity contribution in [2.75, 3.05) is 20.8 Å². The van der Waals surface area contributed by atoms with Gasteiger partial charge >= 0.3 is 0 Å². The third kappa shape index (κ3) is 4.48. The first-order valence-corrected chi connectivity index (χ1v) is 8.41. The van der Waals surface area contributed by atoms with E-state index in [-0.39, 0.29) is 11.3 Å². The van der Waals surface area contributed by atoms with E-state index in [0.29, 0.717) is 24.5 Å². The van der Waals surface area contributed by atoms with Crippen LogP contribution in [-0.2, 0) is 16.6 Å². The molecule has 124 valence electrons. The molecule has 1 heterocycles. The number of benzene rings is 1. The van der Waals surface area contributed by atoms with Crippen LogP contribution in [0.25, 0.3) is 0 Å². The van der Waals surface area contributed by atoms with Crippen molar-refractivity contribution in [3.63, 3.8) is 0 Å². The molecule has 0 saturated heterocycles. The van der Waals surface area contributed by atoms with Crippen molar-refractivity contribution >= 4 is 17.2 Å². The molecule has 0 atom stereocenters. The number of rotatable bonds is 7. The van der Waals surface area contributed by atoms with E-state index in [1.807, 2.05) is 18.2 Å². The first-order chi connectivity index (χ1) is 11.0. The molecule has 0 aliphatic heterocycles. The zero-order valence-electron chi connectivity index (χ0n) is 14.0. The molecule has 1 N–H and O–H groups in total. The number of carbonyl (C=O) groups is 1. The van der Waals surface area contributed by atoms with Gasteiger partial charge in [0.2, 0.25) is 5.91 Å². The van der Waals surface area contributed by atoms with E-state index in [0.717, 1.165) is 5.56 Å². The third-order valence-electron chi connectivity index (χ3n) is 3.84. The highest BCUT2D eigenvalue weighted by molar-refractivity contribution is 7.08. The minimum absolute atomic E-state index is 0.000486. The Kier molecular flexibility index (Phi) is 5.66. The maximum atomic E-state index is 12.2. The fourth-order valence-corrected chi connectivity index (χ4v) is 3.16. The second-order valence-corrected chi connectivity index (χ2v) is 6.82. The minimum Gasteiger partial charge on any atom is -0.493 e. The summed E-state index contributed by atoms with van der Waals surface area (Å²) in [4.78, 5) is 12.2. The van der Waals surface area contributed by atoms with Crippen molar-refractivity contribution in [1.29, 1.82) is 0 Å². The quantitative estimate of drug-likeness (QED) is 0.845. The highest BCUT2D eigenvalue weighted by Gasteiger charge is 2.21. The van der Waals surface area contributed by atoms with E-state index >= 15 is 0 Å². The van der Waals surface area contributed by atoms with Gasteiger partial charge in [-0.15, -0.1) is 0 Å². The van der Waals surface area contributed by atoms with Crippen molar-refractivity contribution < 1.29 is 14.3 Å². The van der Waals surface area contributed by atoms with Gasteiger partial charge in [-0.2, -0.15) is 11.3 Å². The molecule has 4 nitrogen and oxygen atoms in total. The van der Waals surface area contributed by atoms with Crippen LogP contribution in [0.3, 0.4) is 0 Å². The van der Waals surface area contributed by atoms with Crippen molar-refractivity contribution in [1.82, 2.24) is 5.32 Å². The van der Waals surface area contributed by atoms with Crippen LogP contribution in [0.15, 0.2) is 35.0 Å². The third-order valence-corrected chi connectivity index (χ3v) is 4.53. The Bertz CT molecular complexity index is 650. The predicted octanol–water partition coefficient (Wildman–Crippen LogP) is 3.40. The SMILES string of the molecule is COc1ccc(CC(=O)NCC(C)(C)c2ccsc2)cc1OC. The summed E-state index contributed by atoms with van der Waals surface area (Å²) >= 11 is 1.67. The topological polar surface area (TPSA) is 47.6 Å². The summed E-state index contributed by atoms with van der Waals surface area (Å²) in [5.41, 5.74) is 2.06. The van der Waals surface area contributed by atoms with Gasteiger partial charge in [0, 0.05) is 12.0 Å². The van der Waals surface area contributed by atoms with E-state index in [2.05, 4.69) is 36.0 Å². The minimum atomic E-state index is -0.0761. The summed E-state index contributed by atoms with van der Waals surface area (Å²) in [5.74, 6) is 1.30. The molecule has 2 aromatic rings. The van der Waals surface area contributed by atoms with Gasteiger partial charge in [-0.05, 0) is 40.1 Å². The summed E-state index contributed by atoms with van der Waals surface area (Å²) in [6.45, 7) is 4.87. The summed E-state index contributed by atoms with van der Waals surface area (Å²) < 4.78 is 10.5. The first kappa shape index (κ1) is 17.3. The van der Waals surface area contributed by atoms with Gasteiger partial charge in [0.25, 0.3) is 0 Å². The molecule has 0 spiro atoms. The number of carbonyl (C=O) groups excluding carboxylic acids is 1. The van der Waals surface area contributed by atoms with Crippen LogP contribution in [0.2, 0.25) is 0 Å². The van der Waals surface area contributed by atoms with Gasteiger partial charge in [-0.1, -0.05) is 19.9 Å². The van der Waals surface area contributed by atoms with E-state index < -0.39 is 0 Å². The monoisotopic (exact) mass is 333 g/mol. The number of amides is 1. The van der Waals surface area contributed by atoms with E-state index in [1.165, 1.54) is 5.56 Å². The average Bonchev–Trinajstić information content (AvgIpc) is 3.08. The van der Waals surface area contributed by atoms with E-state index in [9.17, 15) is 4.79 Å². The van der Waals surface area contributed by atoms with Gasteiger partial charge in [0.1, 0.15) is 0 Å². The molecular weight excluding hydrogens is 310 g/mol. The molecule has 0 unspecified atom stereocenters. The van der Waals surface area contributed by atoms with Gasteiger partial charge < -0.3 is 14.8 Å². The zero-order valence-corrected chi connectivity index (χ0v) is 14.8. The lowest BCUT2D eigenvalue weighted by molar-refractivity contribution is -0.120. The number of hydrogen-bond acceptors (Lipinski definition) is 4. The molecule has 1 aromatic carbocycles. The summed E-state index contributed by atoms with van der Waals surface area (Å²) in [6.07, 6.45) is 0.320. The van der Waals surface area contributed by atoms with Crippen molar-refractivity contribution in [3.05, 3.63) is 46.2 Å². The number of thiophene rings is 1. The summed E-state index contributed by atoms with van der Waals surface area (Å²) in [7, 11) is 3.18.